The number of para-hydroxylation sites is 1. The van der Waals surface area contributed by atoms with E-state index < -0.39 is 0 Å². The van der Waals surface area contributed by atoms with Crippen LogP contribution in [0.15, 0.2) is 42.6 Å². The molecule has 3 amide bonds. The number of nitrogens with one attached hydrogen (secondary N) is 1. The molecule has 31 heavy (non-hydrogen) atoms. The van der Waals surface area contributed by atoms with Crippen molar-refractivity contribution in [3.63, 3.8) is 0 Å². The van der Waals surface area contributed by atoms with Crippen molar-refractivity contribution in [2.45, 2.75) is 25.7 Å². The minimum atomic E-state index is -0.184. The third-order valence-electron chi connectivity index (χ3n) is 5.88. The maximum absolute atomic E-state index is 13.2. The Balaban J connectivity index is 1.38. The number of likely N-dealkylation sites (tertiary alicyclic amines) is 1. The second kappa shape index (κ2) is 9.06. The minimum Gasteiger partial charge on any atom is -0.339 e. The van der Waals surface area contributed by atoms with Gasteiger partial charge in [0.25, 0.3) is 5.91 Å². The average molecular weight is 441 g/mol. The fraction of sp³-hybridized carbons (Fsp3) is 0.391. The molecule has 7 nitrogen and oxygen atoms in total. The van der Waals surface area contributed by atoms with E-state index in [9.17, 15) is 14.4 Å². The fourth-order valence-electron chi connectivity index (χ4n) is 3.86. The van der Waals surface area contributed by atoms with Gasteiger partial charge in [-0.1, -0.05) is 23.7 Å². The molecule has 2 aliphatic rings. The fourth-order valence-corrected chi connectivity index (χ4v) is 3.97. The van der Waals surface area contributed by atoms with Crippen LogP contribution in [0.1, 0.15) is 36.0 Å². The first-order valence-electron chi connectivity index (χ1n) is 10.5. The van der Waals surface area contributed by atoms with E-state index in [2.05, 4.69) is 10.3 Å². The number of piperidine rings is 1. The molecule has 2 heterocycles. The molecule has 0 radical (unpaired) electrons. The molecule has 1 aliphatic carbocycles. The number of halogens is 1. The number of carbonyl (C=O) groups is 3. The van der Waals surface area contributed by atoms with Gasteiger partial charge in [0.1, 0.15) is 5.82 Å². The summed E-state index contributed by atoms with van der Waals surface area (Å²) in [5.74, 6) is 0.214. The van der Waals surface area contributed by atoms with E-state index >= 15 is 0 Å². The smallest absolute Gasteiger partial charge is 0.255 e. The Hall–Kier alpha value is -2.93. The van der Waals surface area contributed by atoms with Gasteiger partial charge in [0, 0.05) is 38.2 Å². The first kappa shape index (κ1) is 21.3. The van der Waals surface area contributed by atoms with Crippen LogP contribution in [0.25, 0.3) is 0 Å². The lowest BCUT2D eigenvalue weighted by atomic mass is 9.95. The van der Waals surface area contributed by atoms with E-state index in [-0.39, 0.29) is 29.6 Å². The first-order valence-corrected chi connectivity index (χ1v) is 10.9. The molecule has 162 valence electrons. The highest BCUT2D eigenvalue weighted by atomic mass is 35.5. The van der Waals surface area contributed by atoms with Crippen molar-refractivity contribution in [3.05, 3.63) is 53.2 Å². The number of rotatable bonds is 5. The highest BCUT2D eigenvalue weighted by Gasteiger charge is 2.34. The van der Waals surface area contributed by atoms with Gasteiger partial charge in [0.05, 0.1) is 16.3 Å². The van der Waals surface area contributed by atoms with E-state index in [1.807, 2.05) is 18.2 Å². The molecule has 2 aromatic rings. The van der Waals surface area contributed by atoms with Crippen molar-refractivity contribution in [2.75, 3.05) is 30.4 Å². The summed E-state index contributed by atoms with van der Waals surface area (Å²) in [5, 5.41) is 3.32. The second-order valence-corrected chi connectivity index (χ2v) is 8.54. The van der Waals surface area contributed by atoms with Crippen molar-refractivity contribution in [1.29, 1.82) is 0 Å². The van der Waals surface area contributed by atoms with Crippen LogP contribution in [0.5, 0.6) is 0 Å². The summed E-state index contributed by atoms with van der Waals surface area (Å²) in [6.07, 6.45) is 4.47. The van der Waals surface area contributed by atoms with Crippen molar-refractivity contribution >= 4 is 40.8 Å². The largest absolute Gasteiger partial charge is 0.339 e. The molecule has 1 saturated heterocycles. The van der Waals surface area contributed by atoms with Crippen molar-refractivity contribution in [2.24, 2.45) is 11.8 Å². The first-order chi connectivity index (χ1) is 14.9. The summed E-state index contributed by atoms with van der Waals surface area (Å²) in [6.45, 7) is 0.971. The van der Waals surface area contributed by atoms with Gasteiger partial charge in [0.15, 0.2) is 0 Å². The normalized spacial score (nSPS) is 16.6. The zero-order chi connectivity index (χ0) is 22.0. The SMILES string of the molecule is CN(C(=O)C1CC1)c1ccccc1C(=O)N1CCC(C(=O)Nc2ccc(Cl)cn2)CC1. The molecule has 1 aliphatic heterocycles. The molecular formula is C23H25ClN4O3. The minimum absolute atomic E-state index is 0.0615. The van der Waals surface area contributed by atoms with Crippen LogP contribution in [0.2, 0.25) is 5.02 Å². The molecule has 2 fully saturated rings. The maximum atomic E-state index is 13.2. The van der Waals surface area contributed by atoms with Crippen molar-refractivity contribution < 1.29 is 14.4 Å². The molecule has 1 N–H and O–H groups in total. The van der Waals surface area contributed by atoms with Crippen LogP contribution in [0.4, 0.5) is 11.5 Å². The quantitative estimate of drug-likeness (QED) is 0.770. The van der Waals surface area contributed by atoms with E-state index in [0.29, 0.717) is 48.0 Å². The number of carbonyl (C=O) groups excluding carboxylic acids is 3. The summed E-state index contributed by atoms with van der Waals surface area (Å²) in [6, 6.07) is 10.6. The number of hydrogen-bond donors (Lipinski definition) is 1. The summed E-state index contributed by atoms with van der Waals surface area (Å²) in [7, 11) is 1.73. The Kier molecular flexibility index (Phi) is 6.23. The zero-order valence-corrected chi connectivity index (χ0v) is 18.1. The number of amides is 3. The van der Waals surface area contributed by atoms with Gasteiger partial charge in [-0.25, -0.2) is 4.98 Å². The lowest BCUT2D eigenvalue weighted by molar-refractivity contribution is -0.121. The van der Waals surface area contributed by atoms with Crippen LogP contribution < -0.4 is 10.2 Å². The van der Waals surface area contributed by atoms with Crippen LogP contribution >= 0.6 is 11.6 Å². The van der Waals surface area contributed by atoms with Crippen LogP contribution in [0.3, 0.4) is 0 Å². The van der Waals surface area contributed by atoms with Gasteiger partial charge >= 0.3 is 0 Å². The Morgan fingerprint density at radius 1 is 1.03 bits per heavy atom. The van der Waals surface area contributed by atoms with Gasteiger partial charge in [-0.05, 0) is 49.9 Å². The highest BCUT2D eigenvalue weighted by molar-refractivity contribution is 6.30. The summed E-state index contributed by atoms with van der Waals surface area (Å²) < 4.78 is 0. The third kappa shape index (κ3) is 4.88. The van der Waals surface area contributed by atoms with Gasteiger partial charge in [-0.2, -0.15) is 0 Å². The van der Waals surface area contributed by atoms with Gasteiger partial charge in [0.2, 0.25) is 11.8 Å². The van der Waals surface area contributed by atoms with Crippen LogP contribution in [-0.2, 0) is 9.59 Å². The van der Waals surface area contributed by atoms with Crippen LogP contribution in [0, 0.1) is 11.8 Å². The van der Waals surface area contributed by atoms with Gasteiger partial charge in [-0.15, -0.1) is 0 Å². The molecule has 1 saturated carbocycles. The number of nitrogens with zero attached hydrogens (tertiary/aromatic N) is 3. The summed E-state index contributed by atoms with van der Waals surface area (Å²) >= 11 is 5.83. The van der Waals surface area contributed by atoms with Crippen molar-refractivity contribution in [1.82, 2.24) is 9.88 Å². The Labute approximate surface area is 186 Å². The highest BCUT2D eigenvalue weighted by Crippen LogP contribution is 2.33. The zero-order valence-electron chi connectivity index (χ0n) is 17.4. The standard InChI is InChI=1S/C23H25ClN4O3/c1-27(22(30)16-6-7-16)19-5-3-2-4-18(19)23(31)28-12-10-15(11-13-28)21(29)26-20-9-8-17(24)14-25-20/h2-5,8-9,14-16H,6-7,10-13H2,1H3,(H,25,26,29). The predicted octanol–water partition coefficient (Wildman–Crippen LogP) is 3.60. The Morgan fingerprint density at radius 3 is 2.39 bits per heavy atom. The number of hydrogen-bond acceptors (Lipinski definition) is 4. The Morgan fingerprint density at radius 2 is 1.74 bits per heavy atom. The van der Waals surface area contributed by atoms with E-state index in [1.54, 1.807) is 35.0 Å². The lowest BCUT2D eigenvalue weighted by Gasteiger charge is -2.32. The molecule has 8 heteroatoms. The molecule has 1 aromatic heterocycles. The molecule has 1 aromatic carbocycles. The third-order valence-corrected chi connectivity index (χ3v) is 6.11. The topological polar surface area (TPSA) is 82.6 Å². The number of pyridine rings is 1. The second-order valence-electron chi connectivity index (χ2n) is 8.11. The monoisotopic (exact) mass is 440 g/mol. The lowest BCUT2D eigenvalue weighted by Crippen LogP contribution is -2.42. The predicted molar refractivity (Wildman–Crippen MR) is 119 cm³/mol. The molecule has 0 bridgehead atoms. The van der Waals surface area contributed by atoms with Gasteiger partial charge in [-0.3, -0.25) is 14.4 Å². The number of anilines is 2. The number of aromatic nitrogens is 1. The maximum Gasteiger partial charge on any atom is 0.255 e. The summed E-state index contributed by atoms with van der Waals surface area (Å²) in [5.41, 5.74) is 1.16. The van der Waals surface area contributed by atoms with E-state index in [4.69, 9.17) is 11.6 Å². The van der Waals surface area contributed by atoms with E-state index in [1.165, 1.54) is 6.20 Å². The molecule has 0 unspecified atom stereocenters. The summed E-state index contributed by atoms with van der Waals surface area (Å²) in [4.78, 5) is 45.7. The Bertz CT molecular complexity index is 983. The number of benzene rings is 1. The van der Waals surface area contributed by atoms with E-state index in [0.717, 1.165) is 12.8 Å². The van der Waals surface area contributed by atoms with Crippen molar-refractivity contribution in [3.8, 4) is 0 Å². The van der Waals surface area contributed by atoms with Gasteiger partial charge < -0.3 is 15.1 Å². The molecule has 4 rings (SSSR count). The molecule has 0 spiro atoms. The molecule has 0 atom stereocenters. The molecular weight excluding hydrogens is 416 g/mol. The average Bonchev–Trinajstić information content (AvgIpc) is 3.65. The van der Waals surface area contributed by atoms with Crippen LogP contribution in [-0.4, -0.2) is 47.7 Å².